The van der Waals surface area contributed by atoms with Gasteiger partial charge in [0, 0.05) is 57.9 Å². The summed E-state index contributed by atoms with van der Waals surface area (Å²) in [7, 11) is 0. The molecule has 0 fully saturated rings. The fourth-order valence-electron chi connectivity index (χ4n) is 7.13. The molecule has 4 aromatic heterocycles. The lowest BCUT2D eigenvalue weighted by Crippen LogP contribution is -2.00. The van der Waals surface area contributed by atoms with E-state index in [1.807, 2.05) is 49.1 Å². The molecule has 6 aromatic carbocycles. The molecule has 0 aliphatic heterocycles. The molecule has 6 heteroatoms. The maximum Gasteiger partial charge on any atom is 0.164 e. The first-order valence-electron chi connectivity index (χ1n) is 16.9. The standard InChI is InChI=1S/C45H28N6/c1-3-33-11-12-34-4-2-6-40-42(34)41(33)39(5-1)51(40)38-19-17-37(18-20-38)45-49-43(35-13-7-29(8-14-35)31-21-25-46-26-22-31)48-44(50-45)36-15-9-30(10-16-36)32-23-27-47-28-24-32/h1-28H. The molecule has 0 unspecified atom stereocenters. The molecule has 0 saturated carbocycles. The lowest BCUT2D eigenvalue weighted by molar-refractivity contribution is 1.07. The summed E-state index contributed by atoms with van der Waals surface area (Å²) in [6.07, 6.45) is 7.23. The molecule has 0 N–H and O–H groups in total. The van der Waals surface area contributed by atoms with E-state index in [0.717, 1.165) is 44.6 Å². The maximum atomic E-state index is 5.04. The van der Waals surface area contributed by atoms with Crippen molar-refractivity contribution in [3.8, 4) is 62.1 Å². The molecule has 10 aromatic rings. The smallest absolute Gasteiger partial charge is 0.164 e. The summed E-state index contributed by atoms with van der Waals surface area (Å²) >= 11 is 0. The molecule has 0 radical (unpaired) electrons. The molecule has 0 bridgehead atoms. The Morgan fingerprint density at radius 3 is 1.08 bits per heavy atom. The number of benzene rings is 6. The minimum atomic E-state index is 0.617. The van der Waals surface area contributed by atoms with E-state index in [1.54, 1.807) is 0 Å². The summed E-state index contributed by atoms with van der Waals surface area (Å²) in [5.74, 6) is 1.85. The van der Waals surface area contributed by atoms with E-state index in [1.165, 1.54) is 32.6 Å². The molecule has 51 heavy (non-hydrogen) atoms. The summed E-state index contributed by atoms with van der Waals surface area (Å²) in [6, 6.07) is 50.8. The third-order valence-corrected chi connectivity index (χ3v) is 9.66. The lowest BCUT2D eigenvalue weighted by atomic mass is 10.0. The van der Waals surface area contributed by atoms with Crippen molar-refractivity contribution in [1.29, 1.82) is 0 Å². The summed E-state index contributed by atoms with van der Waals surface area (Å²) in [5.41, 5.74) is 10.7. The van der Waals surface area contributed by atoms with Gasteiger partial charge in [-0.15, -0.1) is 0 Å². The van der Waals surface area contributed by atoms with E-state index in [-0.39, 0.29) is 0 Å². The van der Waals surface area contributed by atoms with E-state index >= 15 is 0 Å². The minimum Gasteiger partial charge on any atom is -0.309 e. The van der Waals surface area contributed by atoms with E-state index < -0.39 is 0 Å². The molecule has 4 heterocycles. The first-order chi connectivity index (χ1) is 25.3. The topological polar surface area (TPSA) is 69.4 Å². The van der Waals surface area contributed by atoms with Crippen molar-refractivity contribution < 1.29 is 0 Å². The van der Waals surface area contributed by atoms with Gasteiger partial charge in [-0.2, -0.15) is 0 Å². The van der Waals surface area contributed by atoms with Gasteiger partial charge in [0.05, 0.1) is 11.0 Å². The molecule has 0 aliphatic carbocycles. The van der Waals surface area contributed by atoms with Crippen molar-refractivity contribution in [1.82, 2.24) is 29.5 Å². The van der Waals surface area contributed by atoms with Crippen molar-refractivity contribution in [3.63, 3.8) is 0 Å². The summed E-state index contributed by atoms with van der Waals surface area (Å²) in [4.78, 5) is 23.4. The summed E-state index contributed by atoms with van der Waals surface area (Å²) in [6.45, 7) is 0. The van der Waals surface area contributed by atoms with Gasteiger partial charge in [0.1, 0.15) is 0 Å². The molecular weight excluding hydrogens is 625 g/mol. The number of pyridine rings is 2. The second kappa shape index (κ2) is 11.8. The van der Waals surface area contributed by atoms with Crippen LogP contribution in [-0.2, 0) is 0 Å². The first-order valence-corrected chi connectivity index (χ1v) is 16.9. The number of rotatable bonds is 6. The average molecular weight is 653 g/mol. The molecule has 0 aliphatic rings. The molecule has 10 rings (SSSR count). The van der Waals surface area contributed by atoms with Crippen LogP contribution in [0.4, 0.5) is 0 Å². The van der Waals surface area contributed by atoms with Crippen LogP contribution in [0, 0.1) is 0 Å². The number of hydrogen-bond acceptors (Lipinski definition) is 5. The normalized spacial score (nSPS) is 11.5. The van der Waals surface area contributed by atoms with Crippen LogP contribution < -0.4 is 0 Å². The van der Waals surface area contributed by atoms with Crippen LogP contribution in [0.2, 0.25) is 0 Å². The maximum absolute atomic E-state index is 5.04. The molecule has 238 valence electrons. The Morgan fingerprint density at radius 2 is 0.667 bits per heavy atom. The predicted molar refractivity (Wildman–Crippen MR) is 206 cm³/mol. The zero-order valence-electron chi connectivity index (χ0n) is 27.3. The first kappa shape index (κ1) is 28.9. The monoisotopic (exact) mass is 652 g/mol. The highest BCUT2D eigenvalue weighted by Crippen LogP contribution is 2.39. The van der Waals surface area contributed by atoms with Gasteiger partial charge in [-0.25, -0.2) is 15.0 Å². The van der Waals surface area contributed by atoms with Gasteiger partial charge in [-0.3, -0.25) is 9.97 Å². The highest BCUT2D eigenvalue weighted by molar-refractivity contribution is 6.24. The van der Waals surface area contributed by atoms with Gasteiger partial charge in [0.15, 0.2) is 17.5 Å². The zero-order valence-corrected chi connectivity index (χ0v) is 27.3. The van der Waals surface area contributed by atoms with Crippen LogP contribution in [0.5, 0.6) is 0 Å². The van der Waals surface area contributed by atoms with Crippen molar-refractivity contribution in [2.75, 3.05) is 0 Å². The van der Waals surface area contributed by atoms with Gasteiger partial charge >= 0.3 is 0 Å². The average Bonchev–Trinajstić information content (AvgIpc) is 3.56. The zero-order chi connectivity index (χ0) is 33.7. The Balaban J connectivity index is 1.08. The highest BCUT2D eigenvalue weighted by atomic mass is 15.0. The van der Waals surface area contributed by atoms with Gasteiger partial charge in [-0.1, -0.05) is 84.9 Å². The Bertz CT molecular complexity index is 2640. The fourth-order valence-corrected chi connectivity index (χ4v) is 7.13. The minimum absolute atomic E-state index is 0.617. The van der Waals surface area contributed by atoms with Crippen molar-refractivity contribution >= 4 is 32.6 Å². The number of nitrogens with zero attached hydrogens (tertiary/aromatic N) is 6. The lowest BCUT2D eigenvalue weighted by Gasteiger charge is -2.11. The second-order valence-electron chi connectivity index (χ2n) is 12.6. The predicted octanol–water partition coefficient (Wildman–Crippen LogP) is 10.7. The van der Waals surface area contributed by atoms with Crippen LogP contribution in [0.3, 0.4) is 0 Å². The van der Waals surface area contributed by atoms with Gasteiger partial charge < -0.3 is 4.57 Å². The molecule has 0 spiro atoms. The van der Waals surface area contributed by atoms with Crippen LogP contribution in [0.1, 0.15) is 0 Å². The van der Waals surface area contributed by atoms with Crippen LogP contribution in [0.25, 0.3) is 94.7 Å². The number of hydrogen-bond donors (Lipinski definition) is 0. The Morgan fingerprint density at radius 1 is 0.314 bits per heavy atom. The van der Waals surface area contributed by atoms with Gasteiger partial charge in [0.2, 0.25) is 0 Å². The SMILES string of the molecule is c1cc2ccc3cccc4c3c2c(c1)n4-c1ccc(-c2nc(-c3ccc(-c4ccncc4)cc3)nc(-c3ccc(-c4ccncc4)cc3)n2)cc1. The van der Waals surface area contributed by atoms with Gasteiger partial charge in [0.25, 0.3) is 0 Å². The third kappa shape index (κ3) is 5.01. The largest absolute Gasteiger partial charge is 0.309 e. The third-order valence-electron chi connectivity index (χ3n) is 9.66. The summed E-state index contributed by atoms with van der Waals surface area (Å²) in [5, 5.41) is 5.09. The van der Waals surface area contributed by atoms with Crippen LogP contribution in [-0.4, -0.2) is 29.5 Å². The van der Waals surface area contributed by atoms with Crippen molar-refractivity contribution in [2.45, 2.75) is 0 Å². The van der Waals surface area contributed by atoms with E-state index in [9.17, 15) is 0 Å². The molecule has 0 atom stereocenters. The molecule has 6 nitrogen and oxygen atoms in total. The second-order valence-corrected chi connectivity index (χ2v) is 12.6. The Labute approximate surface area is 293 Å². The fraction of sp³-hybridized carbons (Fsp3) is 0. The van der Waals surface area contributed by atoms with Crippen molar-refractivity contribution in [2.24, 2.45) is 0 Å². The molecule has 0 saturated heterocycles. The van der Waals surface area contributed by atoms with E-state index in [4.69, 9.17) is 15.0 Å². The van der Waals surface area contributed by atoms with Gasteiger partial charge in [-0.05, 0) is 93.7 Å². The van der Waals surface area contributed by atoms with Crippen LogP contribution >= 0.6 is 0 Å². The molecular formula is C45H28N6. The highest BCUT2D eigenvalue weighted by Gasteiger charge is 2.17. The molecule has 0 amide bonds. The van der Waals surface area contributed by atoms with E-state index in [2.05, 4.69) is 136 Å². The number of aromatic nitrogens is 6. The van der Waals surface area contributed by atoms with E-state index in [0.29, 0.717) is 17.5 Å². The Kier molecular flexibility index (Phi) is 6.70. The summed E-state index contributed by atoms with van der Waals surface area (Å²) < 4.78 is 2.35. The van der Waals surface area contributed by atoms with Crippen molar-refractivity contribution in [3.05, 3.63) is 170 Å². The quantitative estimate of drug-likeness (QED) is 0.167. The Hall–Kier alpha value is -7.05. The van der Waals surface area contributed by atoms with Crippen LogP contribution in [0.15, 0.2) is 170 Å².